The second-order valence-corrected chi connectivity index (χ2v) is 3.32. The maximum absolute atomic E-state index is 9.24. The minimum absolute atomic E-state index is 0.449. The SMILES string of the molecule is OC[C@H]1OC(O)[C@@H](S)[C@@H](O)[C@@H]1O. The van der Waals surface area contributed by atoms with E-state index in [0.29, 0.717) is 0 Å². The number of hydrogen-bond donors (Lipinski definition) is 5. The molecule has 0 spiro atoms. The van der Waals surface area contributed by atoms with Crippen molar-refractivity contribution in [1.82, 2.24) is 0 Å². The summed E-state index contributed by atoms with van der Waals surface area (Å²) in [6.07, 6.45) is -4.60. The summed E-state index contributed by atoms with van der Waals surface area (Å²) in [5, 5.41) is 35.4. The monoisotopic (exact) mass is 196 g/mol. The van der Waals surface area contributed by atoms with E-state index in [1.165, 1.54) is 0 Å². The summed E-state index contributed by atoms with van der Waals surface area (Å²) in [6.45, 7) is -0.449. The molecule has 0 aromatic carbocycles. The van der Waals surface area contributed by atoms with Gasteiger partial charge in [0.05, 0.1) is 18.0 Å². The Balaban J connectivity index is 2.63. The first kappa shape index (κ1) is 10.2. The zero-order chi connectivity index (χ0) is 9.30. The zero-order valence-electron chi connectivity index (χ0n) is 6.24. The lowest BCUT2D eigenvalue weighted by atomic mass is 10.0. The predicted octanol–water partition coefficient (Wildman–Crippen LogP) is -2.28. The average Bonchev–Trinajstić information content (AvgIpc) is 2.08. The summed E-state index contributed by atoms with van der Waals surface area (Å²) in [5.41, 5.74) is 0. The van der Waals surface area contributed by atoms with E-state index in [9.17, 15) is 10.2 Å². The minimum atomic E-state index is -1.26. The van der Waals surface area contributed by atoms with Crippen LogP contribution in [0.2, 0.25) is 0 Å². The van der Waals surface area contributed by atoms with Gasteiger partial charge in [-0.1, -0.05) is 0 Å². The topological polar surface area (TPSA) is 90.2 Å². The van der Waals surface area contributed by atoms with Gasteiger partial charge in [-0.2, -0.15) is 12.6 Å². The average molecular weight is 196 g/mol. The third kappa shape index (κ3) is 1.73. The highest BCUT2D eigenvalue weighted by Crippen LogP contribution is 2.22. The van der Waals surface area contributed by atoms with E-state index in [0.717, 1.165) is 0 Å². The minimum Gasteiger partial charge on any atom is -0.394 e. The normalized spacial score (nSPS) is 49.2. The fourth-order valence-corrected chi connectivity index (χ4v) is 1.33. The molecule has 12 heavy (non-hydrogen) atoms. The molecule has 1 aliphatic heterocycles. The van der Waals surface area contributed by atoms with Gasteiger partial charge in [0, 0.05) is 0 Å². The molecule has 0 aliphatic carbocycles. The Morgan fingerprint density at radius 2 is 1.75 bits per heavy atom. The summed E-state index contributed by atoms with van der Waals surface area (Å²) < 4.78 is 4.75. The van der Waals surface area contributed by atoms with Crippen LogP contribution in [0.25, 0.3) is 0 Å². The fraction of sp³-hybridized carbons (Fsp3) is 1.00. The van der Waals surface area contributed by atoms with E-state index in [1.54, 1.807) is 0 Å². The van der Waals surface area contributed by atoms with Crippen molar-refractivity contribution in [1.29, 1.82) is 0 Å². The maximum Gasteiger partial charge on any atom is 0.169 e. The number of aliphatic hydroxyl groups excluding tert-OH is 4. The van der Waals surface area contributed by atoms with Crippen molar-refractivity contribution in [3.63, 3.8) is 0 Å². The molecule has 5 atom stereocenters. The van der Waals surface area contributed by atoms with Gasteiger partial charge in [0.15, 0.2) is 6.29 Å². The molecule has 0 amide bonds. The Hall–Kier alpha value is 0.150. The molecule has 4 N–H and O–H groups in total. The molecule has 1 rings (SSSR count). The van der Waals surface area contributed by atoms with Gasteiger partial charge in [-0.25, -0.2) is 0 Å². The Bertz CT molecular complexity index is 150. The van der Waals surface area contributed by atoms with Gasteiger partial charge >= 0.3 is 0 Å². The van der Waals surface area contributed by atoms with Gasteiger partial charge in [-0.05, 0) is 0 Å². The first-order valence-electron chi connectivity index (χ1n) is 3.56. The Labute approximate surface area is 75.0 Å². The lowest BCUT2D eigenvalue weighted by molar-refractivity contribution is -0.234. The first-order chi connectivity index (χ1) is 5.57. The quantitative estimate of drug-likeness (QED) is 0.305. The third-order valence-corrected chi connectivity index (χ3v) is 2.43. The van der Waals surface area contributed by atoms with Crippen molar-refractivity contribution in [2.24, 2.45) is 0 Å². The molecule has 1 heterocycles. The van der Waals surface area contributed by atoms with Gasteiger partial charge in [-0.3, -0.25) is 0 Å². The number of hydrogen-bond acceptors (Lipinski definition) is 6. The lowest BCUT2D eigenvalue weighted by Gasteiger charge is -2.37. The summed E-state index contributed by atoms with van der Waals surface area (Å²) in [5.74, 6) is 0. The lowest BCUT2D eigenvalue weighted by Crippen LogP contribution is -2.56. The molecule has 0 radical (unpaired) electrons. The van der Waals surface area contributed by atoms with Crippen LogP contribution in [0.3, 0.4) is 0 Å². The fourth-order valence-electron chi connectivity index (χ4n) is 1.08. The highest BCUT2D eigenvalue weighted by Gasteiger charge is 2.41. The van der Waals surface area contributed by atoms with Crippen LogP contribution >= 0.6 is 12.6 Å². The number of aliphatic hydroxyl groups is 4. The molecule has 0 bridgehead atoms. The Morgan fingerprint density at radius 3 is 2.25 bits per heavy atom. The largest absolute Gasteiger partial charge is 0.394 e. The summed E-state index contributed by atoms with van der Waals surface area (Å²) >= 11 is 3.82. The summed E-state index contributed by atoms with van der Waals surface area (Å²) in [7, 11) is 0. The van der Waals surface area contributed by atoms with Crippen molar-refractivity contribution in [3.8, 4) is 0 Å². The van der Waals surface area contributed by atoms with Crippen LogP contribution in [0, 0.1) is 0 Å². The number of thiol groups is 1. The first-order valence-corrected chi connectivity index (χ1v) is 4.08. The van der Waals surface area contributed by atoms with E-state index in [-0.39, 0.29) is 0 Å². The van der Waals surface area contributed by atoms with Crippen LogP contribution in [-0.4, -0.2) is 56.9 Å². The number of ether oxygens (including phenoxy) is 1. The van der Waals surface area contributed by atoms with Crippen LogP contribution < -0.4 is 0 Å². The van der Waals surface area contributed by atoms with Gasteiger partial charge in [0.2, 0.25) is 0 Å². The van der Waals surface area contributed by atoms with Crippen molar-refractivity contribution >= 4 is 12.6 Å². The predicted molar refractivity (Wildman–Crippen MR) is 42.8 cm³/mol. The van der Waals surface area contributed by atoms with Crippen LogP contribution in [0.1, 0.15) is 0 Å². The standard InChI is InChI=1S/C6H12O5S/c7-1-2-3(8)4(9)5(12)6(10)11-2/h2-10,12H,1H2/t2-,3-,4+,5+,6?/m1/s1. The molecular formula is C6H12O5S. The van der Waals surface area contributed by atoms with Crippen molar-refractivity contribution in [2.75, 3.05) is 6.61 Å². The smallest absolute Gasteiger partial charge is 0.169 e. The number of rotatable bonds is 1. The van der Waals surface area contributed by atoms with Crippen molar-refractivity contribution in [2.45, 2.75) is 29.9 Å². The Morgan fingerprint density at radius 1 is 1.17 bits per heavy atom. The molecule has 1 aliphatic rings. The van der Waals surface area contributed by atoms with Gasteiger partial charge in [0.1, 0.15) is 12.2 Å². The molecule has 1 fully saturated rings. The molecule has 1 saturated heterocycles. The zero-order valence-corrected chi connectivity index (χ0v) is 7.13. The molecule has 5 nitrogen and oxygen atoms in total. The second kappa shape index (κ2) is 3.91. The van der Waals surface area contributed by atoms with E-state index in [2.05, 4.69) is 12.6 Å². The van der Waals surface area contributed by atoms with Crippen LogP contribution in [0.5, 0.6) is 0 Å². The highest BCUT2D eigenvalue weighted by molar-refractivity contribution is 7.81. The van der Waals surface area contributed by atoms with Gasteiger partial charge in [0.25, 0.3) is 0 Å². The van der Waals surface area contributed by atoms with Crippen molar-refractivity contribution in [3.05, 3.63) is 0 Å². The molecule has 0 aromatic heterocycles. The summed E-state index contributed by atoms with van der Waals surface area (Å²) in [4.78, 5) is 0. The second-order valence-electron chi connectivity index (χ2n) is 2.72. The highest BCUT2D eigenvalue weighted by atomic mass is 32.1. The van der Waals surface area contributed by atoms with E-state index in [4.69, 9.17) is 14.9 Å². The van der Waals surface area contributed by atoms with Crippen LogP contribution in [0.4, 0.5) is 0 Å². The summed E-state index contributed by atoms with van der Waals surface area (Å²) in [6, 6.07) is 0. The maximum atomic E-state index is 9.24. The van der Waals surface area contributed by atoms with E-state index < -0.39 is 36.5 Å². The van der Waals surface area contributed by atoms with E-state index in [1.807, 2.05) is 0 Å². The molecular weight excluding hydrogens is 184 g/mol. The Kier molecular flexibility index (Phi) is 3.33. The molecule has 6 heteroatoms. The van der Waals surface area contributed by atoms with Crippen LogP contribution in [-0.2, 0) is 4.74 Å². The van der Waals surface area contributed by atoms with Gasteiger partial charge < -0.3 is 25.2 Å². The molecule has 1 unspecified atom stereocenters. The molecule has 0 saturated carbocycles. The van der Waals surface area contributed by atoms with Gasteiger partial charge in [-0.15, -0.1) is 0 Å². The molecule has 72 valence electrons. The van der Waals surface area contributed by atoms with E-state index >= 15 is 0 Å². The van der Waals surface area contributed by atoms with Crippen LogP contribution in [0.15, 0.2) is 0 Å². The molecule has 0 aromatic rings. The third-order valence-electron chi connectivity index (χ3n) is 1.87. The van der Waals surface area contributed by atoms with Crippen molar-refractivity contribution < 1.29 is 25.2 Å².